The first-order chi connectivity index (χ1) is 4.70. The predicted octanol–water partition coefficient (Wildman–Crippen LogP) is 0.0595. The van der Waals surface area contributed by atoms with Gasteiger partial charge in [-0.3, -0.25) is 4.79 Å². The molecule has 1 amide bonds. The van der Waals surface area contributed by atoms with Crippen LogP contribution in [0.2, 0.25) is 0 Å². The standard InChI is InChI=1S/C7H13NO2/c1-3-4-7(10)8-6(2)5-9/h3,6,9H,1,4-5H2,2H3,(H,8,10). The number of carbonyl (C=O) groups excluding carboxylic acids is 1. The highest BCUT2D eigenvalue weighted by Crippen LogP contribution is 1.83. The van der Waals surface area contributed by atoms with Crippen molar-refractivity contribution in [2.24, 2.45) is 0 Å². The second-order valence-corrected chi connectivity index (χ2v) is 2.14. The van der Waals surface area contributed by atoms with Gasteiger partial charge in [-0.25, -0.2) is 0 Å². The lowest BCUT2D eigenvalue weighted by Crippen LogP contribution is -2.34. The molecule has 10 heavy (non-hydrogen) atoms. The molecule has 58 valence electrons. The first-order valence-electron chi connectivity index (χ1n) is 3.21. The van der Waals surface area contributed by atoms with Crippen molar-refractivity contribution in [2.75, 3.05) is 6.61 Å². The first-order valence-corrected chi connectivity index (χ1v) is 3.21. The third-order valence-electron chi connectivity index (χ3n) is 1.01. The summed E-state index contributed by atoms with van der Waals surface area (Å²) in [5.74, 6) is -0.100. The van der Waals surface area contributed by atoms with Crippen LogP contribution in [0.3, 0.4) is 0 Å². The highest BCUT2D eigenvalue weighted by molar-refractivity contribution is 5.77. The number of nitrogens with one attached hydrogen (secondary N) is 1. The van der Waals surface area contributed by atoms with Crippen LogP contribution >= 0.6 is 0 Å². The molecule has 0 fully saturated rings. The minimum Gasteiger partial charge on any atom is -0.394 e. The van der Waals surface area contributed by atoms with Crippen LogP contribution in [-0.2, 0) is 4.79 Å². The Morgan fingerprint density at radius 2 is 2.50 bits per heavy atom. The molecule has 0 radical (unpaired) electrons. The minimum atomic E-state index is -0.160. The molecule has 0 rings (SSSR count). The Morgan fingerprint density at radius 1 is 1.90 bits per heavy atom. The lowest BCUT2D eigenvalue weighted by atomic mass is 10.3. The average Bonchev–Trinajstić information content (AvgIpc) is 1.88. The van der Waals surface area contributed by atoms with E-state index < -0.39 is 0 Å². The van der Waals surface area contributed by atoms with E-state index in [0.717, 1.165) is 0 Å². The van der Waals surface area contributed by atoms with Gasteiger partial charge < -0.3 is 10.4 Å². The predicted molar refractivity (Wildman–Crippen MR) is 39.5 cm³/mol. The van der Waals surface area contributed by atoms with Gasteiger partial charge in [0.2, 0.25) is 5.91 Å². The molecule has 3 heteroatoms. The summed E-state index contributed by atoms with van der Waals surface area (Å²) in [6, 6.07) is -0.160. The maximum Gasteiger partial charge on any atom is 0.224 e. The van der Waals surface area contributed by atoms with E-state index in [9.17, 15) is 4.79 Å². The van der Waals surface area contributed by atoms with Crippen LogP contribution in [0, 0.1) is 0 Å². The quantitative estimate of drug-likeness (QED) is 0.547. The van der Waals surface area contributed by atoms with Gasteiger partial charge in [-0.2, -0.15) is 0 Å². The highest BCUT2D eigenvalue weighted by Gasteiger charge is 2.02. The van der Waals surface area contributed by atoms with E-state index in [0.29, 0.717) is 6.42 Å². The van der Waals surface area contributed by atoms with E-state index in [1.54, 1.807) is 6.92 Å². The molecule has 0 aromatic carbocycles. The number of aliphatic hydroxyl groups is 1. The van der Waals surface area contributed by atoms with Crippen LogP contribution in [0.1, 0.15) is 13.3 Å². The number of rotatable bonds is 4. The molecule has 0 aliphatic carbocycles. The highest BCUT2D eigenvalue weighted by atomic mass is 16.3. The molecule has 0 bridgehead atoms. The summed E-state index contributed by atoms with van der Waals surface area (Å²) in [6.07, 6.45) is 1.84. The molecule has 0 aliphatic rings. The number of carbonyl (C=O) groups is 1. The molecule has 0 aliphatic heterocycles. The number of hydrogen-bond donors (Lipinski definition) is 2. The Morgan fingerprint density at radius 3 is 2.90 bits per heavy atom. The van der Waals surface area contributed by atoms with E-state index in [1.165, 1.54) is 6.08 Å². The van der Waals surface area contributed by atoms with E-state index >= 15 is 0 Å². The van der Waals surface area contributed by atoms with Crippen molar-refractivity contribution < 1.29 is 9.90 Å². The molecular weight excluding hydrogens is 130 g/mol. The Hall–Kier alpha value is -0.830. The first kappa shape index (κ1) is 9.17. The monoisotopic (exact) mass is 143 g/mol. The Kier molecular flexibility index (Phi) is 4.58. The van der Waals surface area contributed by atoms with Crippen molar-refractivity contribution in [1.29, 1.82) is 0 Å². The van der Waals surface area contributed by atoms with Gasteiger partial charge in [0, 0.05) is 12.5 Å². The molecule has 0 heterocycles. The summed E-state index contributed by atoms with van der Waals surface area (Å²) in [5.41, 5.74) is 0. The summed E-state index contributed by atoms with van der Waals surface area (Å²) in [4.78, 5) is 10.7. The van der Waals surface area contributed by atoms with Crippen molar-refractivity contribution >= 4 is 5.91 Å². The normalized spacial score (nSPS) is 12.2. The second kappa shape index (κ2) is 4.99. The molecule has 0 aromatic heterocycles. The van der Waals surface area contributed by atoms with Gasteiger partial charge in [-0.1, -0.05) is 6.08 Å². The summed E-state index contributed by atoms with van der Waals surface area (Å²) in [5, 5.41) is 11.1. The van der Waals surface area contributed by atoms with Gasteiger partial charge in [0.1, 0.15) is 0 Å². The van der Waals surface area contributed by atoms with Gasteiger partial charge in [-0.15, -0.1) is 6.58 Å². The lowest BCUT2D eigenvalue weighted by molar-refractivity contribution is -0.121. The maximum atomic E-state index is 10.7. The number of amides is 1. The van der Waals surface area contributed by atoms with Crippen LogP contribution in [0.5, 0.6) is 0 Å². The van der Waals surface area contributed by atoms with Gasteiger partial charge in [0.05, 0.1) is 6.61 Å². The van der Waals surface area contributed by atoms with Crippen LogP contribution in [-0.4, -0.2) is 23.7 Å². The molecule has 0 saturated heterocycles. The zero-order valence-corrected chi connectivity index (χ0v) is 6.13. The molecule has 3 nitrogen and oxygen atoms in total. The lowest BCUT2D eigenvalue weighted by Gasteiger charge is -2.08. The fraction of sp³-hybridized carbons (Fsp3) is 0.571. The van der Waals surface area contributed by atoms with Crippen molar-refractivity contribution in [2.45, 2.75) is 19.4 Å². The van der Waals surface area contributed by atoms with E-state index in [-0.39, 0.29) is 18.6 Å². The summed E-state index contributed by atoms with van der Waals surface area (Å²) < 4.78 is 0. The topological polar surface area (TPSA) is 49.3 Å². The largest absolute Gasteiger partial charge is 0.394 e. The van der Waals surface area contributed by atoms with Gasteiger partial charge in [0.25, 0.3) is 0 Å². The Labute approximate surface area is 60.7 Å². The molecule has 2 N–H and O–H groups in total. The molecule has 1 unspecified atom stereocenters. The maximum absolute atomic E-state index is 10.7. The molecular formula is C7H13NO2. The van der Waals surface area contributed by atoms with Crippen LogP contribution < -0.4 is 5.32 Å². The summed E-state index contributed by atoms with van der Waals surface area (Å²) in [7, 11) is 0. The minimum absolute atomic E-state index is 0.0249. The second-order valence-electron chi connectivity index (χ2n) is 2.14. The summed E-state index contributed by atoms with van der Waals surface area (Å²) >= 11 is 0. The zero-order chi connectivity index (χ0) is 7.98. The van der Waals surface area contributed by atoms with Crippen molar-refractivity contribution in [3.63, 3.8) is 0 Å². The van der Waals surface area contributed by atoms with Crippen LogP contribution in [0.4, 0.5) is 0 Å². The average molecular weight is 143 g/mol. The van der Waals surface area contributed by atoms with E-state index in [4.69, 9.17) is 5.11 Å². The number of hydrogen-bond acceptors (Lipinski definition) is 2. The van der Waals surface area contributed by atoms with Gasteiger partial charge in [0.15, 0.2) is 0 Å². The summed E-state index contributed by atoms with van der Waals surface area (Å²) in [6.45, 7) is 5.12. The smallest absolute Gasteiger partial charge is 0.224 e. The third kappa shape index (κ3) is 4.09. The third-order valence-corrected chi connectivity index (χ3v) is 1.01. The van der Waals surface area contributed by atoms with E-state index in [2.05, 4.69) is 11.9 Å². The molecule has 0 aromatic rings. The Balaban J connectivity index is 3.46. The molecule has 1 atom stereocenters. The van der Waals surface area contributed by atoms with Gasteiger partial charge in [-0.05, 0) is 6.92 Å². The van der Waals surface area contributed by atoms with Crippen molar-refractivity contribution in [1.82, 2.24) is 5.32 Å². The zero-order valence-electron chi connectivity index (χ0n) is 6.13. The van der Waals surface area contributed by atoms with Gasteiger partial charge >= 0.3 is 0 Å². The fourth-order valence-electron chi connectivity index (χ4n) is 0.510. The Bertz CT molecular complexity index is 123. The SMILES string of the molecule is C=CCC(=O)NC(C)CO. The van der Waals surface area contributed by atoms with Crippen molar-refractivity contribution in [3.8, 4) is 0 Å². The van der Waals surface area contributed by atoms with Crippen LogP contribution in [0.25, 0.3) is 0 Å². The number of aliphatic hydroxyl groups excluding tert-OH is 1. The van der Waals surface area contributed by atoms with Crippen LogP contribution in [0.15, 0.2) is 12.7 Å². The molecule has 0 saturated carbocycles. The van der Waals surface area contributed by atoms with E-state index in [1.807, 2.05) is 0 Å². The fourth-order valence-corrected chi connectivity index (χ4v) is 0.510. The van der Waals surface area contributed by atoms with Crippen molar-refractivity contribution in [3.05, 3.63) is 12.7 Å². The molecule has 0 spiro atoms.